The molecule has 156 valence electrons. The smallest absolute Gasteiger partial charge is 0.372 e. The molecule has 0 aliphatic carbocycles. The van der Waals surface area contributed by atoms with Crippen molar-refractivity contribution in [2.24, 2.45) is 0 Å². The van der Waals surface area contributed by atoms with Gasteiger partial charge in [-0.05, 0) is 54.6 Å². The third-order valence-electron chi connectivity index (χ3n) is 4.36. The van der Waals surface area contributed by atoms with Gasteiger partial charge in [0.05, 0.1) is 29.9 Å². The van der Waals surface area contributed by atoms with E-state index in [1.165, 1.54) is 11.3 Å². The van der Waals surface area contributed by atoms with E-state index in [-0.39, 0.29) is 42.8 Å². The minimum Gasteiger partial charge on any atom is -0.372 e. The lowest BCUT2D eigenvalue weighted by Crippen LogP contribution is -2.38. The number of thiophene rings is 1. The zero-order chi connectivity index (χ0) is 19.7. The number of hydrogen-bond acceptors (Lipinski definition) is 3. The van der Waals surface area contributed by atoms with E-state index in [1.807, 2.05) is 17.5 Å². The van der Waals surface area contributed by atoms with E-state index in [9.17, 15) is 26.3 Å². The summed E-state index contributed by atoms with van der Waals surface area (Å²) in [6.07, 6.45) is -8.53. The highest BCUT2D eigenvalue weighted by Gasteiger charge is 2.37. The van der Waals surface area contributed by atoms with Gasteiger partial charge in [0.2, 0.25) is 0 Å². The predicted octanol–water partition coefficient (Wildman–Crippen LogP) is 6.22. The second kappa shape index (κ2) is 9.02. The van der Waals surface area contributed by atoms with Gasteiger partial charge in [-0.2, -0.15) is 26.3 Å². The summed E-state index contributed by atoms with van der Waals surface area (Å²) in [6, 6.07) is 5.25. The van der Waals surface area contributed by atoms with E-state index in [1.54, 1.807) is 0 Å². The highest BCUT2D eigenvalue weighted by Crippen LogP contribution is 2.37. The van der Waals surface area contributed by atoms with Gasteiger partial charge in [-0.15, -0.1) is 23.7 Å². The molecule has 2 nitrogen and oxygen atoms in total. The summed E-state index contributed by atoms with van der Waals surface area (Å²) in [4.78, 5) is 1.03. The maximum Gasteiger partial charge on any atom is 0.416 e. The number of alkyl halides is 6. The molecule has 1 N–H and O–H groups in total. The van der Waals surface area contributed by atoms with Gasteiger partial charge in [-0.1, -0.05) is 6.07 Å². The van der Waals surface area contributed by atoms with Crippen molar-refractivity contribution < 1.29 is 31.1 Å². The molecule has 1 saturated heterocycles. The molecule has 0 saturated carbocycles. The molecule has 0 spiro atoms. The summed E-state index contributed by atoms with van der Waals surface area (Å²) >= 11 is 1.53. The van der Waals surface area contributed by atoms with Crippen LogP contribution in [0.2, 0.25) is 0 Å². The summed E-state index contributed by atoms with van der Waals surface area (Å²) < 4.78 is 83.5. The minimum absolute atomic E-state index is 0. The fourth-order valence-electron chi connectivity index (χ4n) is 3.10. The first-order chi connectivity index (χ1) is 12.6. The highest BCUT2D eigenvalue weighted by molar-refractivity contribution is 7.10. The SMILES string of the molecule is Cl.FC(F)(F)c1cc(COC2CCCNC2c2cccs2)cc(C(F)(F)F)c1. The normalized spacial score (nSPS) is 20.6. The molecule has 1 aromatic heterocycles. The van der Waals surface area contributed by atoms with Crippen LogP contribution in [0.4, 0.5) is 26.3 Å². The summed E-state index contributed by atoms with van der Waals surface area (Å²) in [7, 11) is 0. The molecule has 2 aromatic rings. The van der Waals surface area contributed by atoms with Gasteiger partial charge < -0.3 is 10.1 Å². The molecule has 1 fully saturated rings. The zero-order valence-corrected chi connectivity index (χ0v) is 16.1. The molecule has 0 radical (unpaired) electrons. The van der Waals surface area contributed by atoms with E-state index in [2.05, 4.69) is 5.32 Å². The first-order valence-electron chi connectivity index (χ1n) is 8.31. The second-order valence-electron chi connectivity index (χ2n) is 6.35. The van der Waals surface area contributed by atoms with Crippen molar-refractivity contribution in [3.8, 4) is 0 Å². The quantitative estimate of drug-likeness (QED) is 0.564. The number of benzene rings is 1. The fourth-order valence-corrected chi connectivity index (χ4v) is 3.95. The molecular formula is C18H18ClF6NOS. The zero-order valence-electron chi connectivity index (χ0n) is 14.4. The maximum absolute atomic E-state index is 13.0. The molecule has 2 heterocycles. The molecule has 0 amide bonds. The van der Waals surface area contributed by atoms with Gasteiger partial charge in [0.15, 0.2) is 0 Å². The van der Waals surface area contributed by atoms with Crippen LogP contribution in [0.25, 0.3) is 0 Å². The molecule has 1 aliphatic heterocycles. The minimum atomic E-state index is -4.86. The van der Waals surface area contributed by atoms with Crippen LogP contribution in [-0.2, 0) is 23.7 Å². The second-order valence-corrected chi connectivity index (χ2v) is 7.33. The van der Waals surface area contributed by atoms with Crippen LogP contribution in [0.5, 0.6) is 0 Å². The Kier molecular flexibility index (Phi) is 7.41. The lowest BCUT2D eigenvalue weighted by atomic mass is 9.99. The van der Waals surface area contributed by atoms with E-state index in [0.29, 0.717) is 18.6 Å². The Morgan fingerprint density at radius 2 is 1.68 bits per heavy atom. The molecule has 3 rings (SSSR count). The predicted molar refractivity (Wildman–Crippen MR) is 96.6 cm³/mol. The topological polar surface area (TPSA) is 21.3 Å². The Labute approximate surface area is 168 Å². The first-order valence-corrected chi connectivity index (χ1v) is 9.19. The molecule has 2 unspecified atom stereocenters. The Balaban J connectivity index is 0.00000280. The summed E-state index contributed by atoms with van der Waals surface area (Å²) in [6.45, 7) is 0.464. The van der Waals surface area contributed by atoms with Crippen LogP contribution >= 0.6 is 23.7 Å². The number of nitrogens with one attached hydrogen (secondary N) is 1. The first kappa shape index (κ1) is 23.0. The van der Waals surface area contributed by atoms with Gasteiger partial charge in [0.1, 0.15) is 0 Å². The summed E-state index contributed by atoms with van der Waals surface area (Å²) in [5.41, 5.74) is -2.80. The molecule has 1 aromatic carbocycles. The van der Waals surface area contributed by atoms with E-state index >= 15 is 0 Å². The van der Waals surface area contributed by atoms with Crippen molar-refractivity contribution in [3.05, 3.63) is 57.3 Å². The van der Waals surface area contributed by atoms with Crippen molar-refractivity contribution in [2.75, 3.05) is 6.54 Å². The van der Waals surface area contributed by atoms with Gasteiger partial charge >= 0.3 is 12.4 Å². The van der Waals surface area contributed by atoms with Crippen molar-refractivity contribution in [1.82, 2.24) is 5.32 Å². The van der Waals surface area contributed by atoms with Crippen molar-refractivity contribution in [2.45, 2.75) is 43.9 Å². The van der Waals surface area contributed by atoms with Gasteiger partial charge in [-0.25, -0.2) is 0 Å². The number of halogens is 7. The number of rotatable bonds is 4. The van der Waals surface area contributed by atoms with Crippen LogP contribution in [0.1, 0.15) is 40.5 Å². The average Bonchev–Trinajstić information content (AvgIpc) is 3.13. The maximum atomic E-state index is 13.0. The van der Waals surface area contributed by atoms with Crippen molar-refractivity contribution >= 4 is 23.7 Å². The molecular weight excluding hydrogens is 428 g/mol. The Hall–Kier alpha value is -1.29. The lowest BCUT2D eigenvalue weighted by molar-refractivity contribution is -0.143. The number of ether oxygens (including phenoxy) is 1. The van der Waals surface area contributed by atoms with Crippen molar-refractivity contribution in [1.29, 1.82) is 0 Å². The Morgan fingerprint density at radius 3 is 2.21 bits per heavy atom. The average molecular weight is 446 g/mol. The van der Waals surface area contributed by atoms with E-state index in [0.717, 1.165) is 17.8 Å². The van der Waals surface area contributed by atoms with E-state index in [4.69, 9.17) is 4.74 Å². The number of piperidine rings is 1. The van der Waals surface area contributed by atoms with Gasteiger partial charge in [0.25, 0.3) is 0 Å². The summed E-state index contributed by atoms with van der Waals surface area (Å²) in [5, 5.41) is 5.21. The standard InChI is InChI=1S/C18H17F6NOS.ClH/c19-17(20,21)12-7-11(8-13(9-12)18(22,23)24)10-26-14-3-1-5-25-16(14)15-4-2-6-27-15;/h2,4,6-9,14,16,25H,1,3,5,10H2;1H. The number of hydrogen-bond donors (Lipinski definition) is 1. The molecule has 2 atom stereocenters. The fraction of sp³-hybridized carbons (Fsp3) is 0.444. The van der Waals surface area contributed by atoms with Gasteiger partial charge in [-0.3, -0.25) is 0 Å². The lowest BCUT2D eigenvalue weighted by Gasteiger charge is -2.32. The third kappa shape index (κ3) is 5.62. The van der Waals surface area contributed by atoms with Crippen molar-refractivity contribution in [3.63, 3.8) is 0 Å². The van der Waals surface area contributed by atoms with Crippen LogP contribution in [0.3, 0.4) is 0 Å². The largest absolute Gasteiger partial charge is 0.416 e. The molecule has 28 heavy (non-hydrogen) atoms. The highest BCUT2D eigenvalue weighted by atomic mass is 35.5. The van der Waals surface area contributed by atoms with Crippen LogP contribution in [0, 0.1) is 0 Å². The molecule has 0 bridgehead atoms. The molecule has 1 aliphatic rings. The Bertz CT molecular complexity index is 730. The van der Waals surface area contributed by atoms with E-state index < -0.39 is 23.5 Å². The van der Waals surface area contributed by atoms with Crippen LogP contribution in [-0.4, -0.2) is 12.6 Å². The molecule has 10 heteroatoms. The third-order valence-corrected chi connectivity index (χ3v) is 5.32. The van der Waals surface area contributed by atoms with Crippen LogP contribution in [0.15, 0.2) is 35.7 Å². The summed E-state index contributed by atoms with van der Waals surface area (Å²) in [5.74, 6) is 0. The monoisotopic (exact) mass is 445 g/mol. The Morgan fingerprint density at radius 1 is 1.04 bits per heavy atom. The van der Waals surface area contributed by atoms with Gasteiger partial charge in [0, 0.05) is 4.88 Å². The van der Waals surface area contributed by atoms with Crippen LogP contribution < -0.4 is 5.32 Å².